The molecule has 146 valence electrons. The van der Waals surface area contributed by atoms with E-state index in [1.54, 1.807) is 11.3 Å². The molecule has 8 heteroatoms. The fourth-order valence-electron chi connectivity index (χ4n) is 3.98. The standard InChI is InChI=1S/C19H25N3O4S/c1-13-10-14(26-21-13)12-22-6-3-19(4-7-22)15-11-17(18(24)20-5-8-23)27-16(15)2-9-25-19/h10-11,23H,2-9,12H2,1H3,(H,20,24). The van der Waals surface area contributed by atoms with Crippen molar-refractivity contribution in [2.24, 2.45) is 0 Å². The van der Waals surface area contributed by atoms with Gasteiger partial charge in [-0.05, 0) is 31.4 Å². The van der Waals surface area contributed by atoms with Crippen LogP contribution in [0.1, 0.15) is 44.4 Å². The Morgan fingerprint density at radius 2 is 2.22 bits per heavy atom. The molecule has 0 unspecified atom stereocenters. The topological polar surface area (TPSA) is 87.8 Å². The lowest BCUT2D eigenvalue weighted by atomic mass is 9.82. The van der Waals surface area contributed by atoms with E-state index in [0.717, 1.165) is 50.4 Å². The van der Waals surface area contributed by atoms with E-state index >= 15 is 0 Å². The van der Waals surface area contributed by atoms with Gasteiger partial charge < -0.3 is 19.7 Å². The van der Waals surface area contributed by atoms with E-state index in [-0.39, 0.29) is 24.7 Å². The molecule has 4 heterocycles. The molecule has 0 radical (unpaired) electrons. The number of carbonyl (C=O) groups is 1. The van der Waals surface area contributed by atoms with Gasteiger partial charge in [-0.25, -0.2) is 0 Å². The molecule has 0 saturated carbocycles. The van der Waals surface area contributed by atoms with E-state index in [1.165, 1.54) is 10.4 Å². The van der Waals surface area contributed by atoms with Crippen molar-refractivity contribution in [1.82, 2.24) is 15.4 Å². The first kappa shape index (κ1) is 18.6. The molecule has 2 N–H and O–H groups in total. The van der Waals surface area contributed by atoms with Gasteiger partial charge in [0, 0.05) is 37.0 Å². The van der Waals surface area contributed by atoms with Gasteiger partial charge in [-0.15, -0.1) is 11.3 Å². The highest BCUT2D eigenvalue weighted by atomic mass is 32.1. The molecule has 0 aliphatic carbocycles. The Labute approximate surface area is 162 Å². The van der Waals surface area contributed by atoms with Gasteiger partial charge in [0.2, 0.25) is 0 Å². The number of aryl methyl sites for hydroxylation is 1. The minimum atomic E-state index is -0.284. The molecule has 7 nitrogen and oxygen atoms in total. The number of amides is 1. The Morgan fingerprint density at radius 1 is 1.41 bits per heavy atom. The first-order valence-electron chi connectivity index (χ1n) is 9.40. The van der Waals surface area contributed by atoms with Crippen LogP contribution in [0.3, 0.4) is 0 Å². The van der Waals surface area contributed by atoms with Crippen molar-refractivity contribution in [2.45, 2.75) is 38.3 Å². The second kappa shape index (κ2) is 7.71. The quantitative estimate of drug-likeness (QED) is 0.809. The smallest absolute Gasteiger partial charge is 0.261 e. The van der Waals surface area contributed by atoms with Crippen molar-refractivity contribution < 1.29 is 19.2 Å². The van der Waals surface area contributed by atoms with Crippen LogP contribution < -0.4 is 5.32 Å². The number of likely N-dealkylation sites (tertiary alicyclic amines) is 1. The highest BCUT2D eigenvalue weighted by Crippen LogP contribution is 2.44. The molecule has 2 aromatic heterocycles. The lowest BCUT2D eigenvalue weighted by Crippen LogP contribution is -2.45. The third-order valence-electron chi connectivity index (χ3n) is 5.35. The lowest BCUT2D eigenvalue weighted by Gasteiger charge is -2.43. The number of nitrogens with zero attached hydrogens (tertiary/aromatic N) is 2. The number of piperidine rings is 1. The molecule has 4 rings (SSSR count). The number of nitrogens with one attached hydrogen (secondary N) is 1. The van der Waals surface area contributed by atoms with Crippen LogP contribution in [0.4, 0.5) is 0 Å². The first-order chi connectivity index (χ1) is 13.1. The monoisotopic (exact) mass is 391 g/mol. The summed E-state index contributed by atoms with van der Waals surface area (Å²) in [5.74, 6) is 0.781. The Balaban J connectivity index is 1.46. The van der Waals surface area contributed by atoms with Crippen molar-refractivity contribution in [2.75, 3.05) is 32.8 Å². The molecule has 2 aliphatic rings. The number of carbonyl (C=O) groups excluding carboxylic acids is 1. The average molecular weight is 391 g/mol. The van der Waals surface area contributed by atoms with Crippen LogP contribution in [0.15, 0.2) is 16.7 Å². The summed E-state index contributed by atoms with van der Waals surface area (Å²) >= 11 is 1.56. The SMILES string of the molecule is Cc1cc(CN2CCC3(CC2)OCCc2sc(C(=O)NCCO)cc23)on1. The number of fused-ring (bicyclic) bond motifs is 2. The molecule has 1 fully saturated rings. The Bertz CT molecular complexity index is 808. The van der Waals surface area contributed by atoms with Crippen molar-refractivity contribution in [1.29, 1.82) is 0 Å². The number of ether oxygens (including phenoxy) is 1. The number of hydrogen-bond acceptors (Lipinski definition) is 7. The number of rotatable bonds is 5. The Kier molecular flexibility index (Phi) is 5.32. The summed E-state index contributed by atoms with van der Waals surface area (Å²) in [5.41, 5.74) is 1.81. The third kappa shape index (κ3) is 3.80. The largest absolute Gasteiger partial charge is 0.395 e. The first-order valence-corrected chi connectivity index (χ1v) is 10.2. The van der Waals surface area contributed by atoms with Crippen molar-refractivity contribution in [3.8, 4) is 0 Å². The number of aliphatic hydroxyl groups is 1. The lowest BCUT2D eigenvalue weighted by molar-refractivity contribution is -0.0987. The van der Waals surface area contributed by atoms with E-state index in [1.807, 2.05) is 19.1 Å². The van der Waals surface area contributed by atoms with Gasteiger partial charge in [-0.3, -0.25) is 9.69 Å². The highest BCUT2D eigenvalue weighted by molar-refractivity contribution is 7.14. The van der Waals surface area contributed by atoms with Crippen molar-refractivity contribution in [3.05, 3.63) is 38.9 Å². The van der Waals surface area contributed by atoms with E-state index in [0.29, 0.717) is 11.5 Å². The van der Waals surface area contributed by atoms with Crippen LogP contribution in [-0.2, 0) is 23.3 Å². The Hall–Kier alpha value is -1.74. The van der Waals surface area contributed by atoms with Crippen LogP contribution in [0.2, 0.25) is 0 Å². The molecular formula is C19H25N3O4S. The summed E-state index contributed by atoms with van der Waals surface area (Å²) < 4.78 is 11.6. The summed E-state index contributed by atoms with van der Waals surface area (Å²) in [6.07, 6.45) is 2.67. The molecule has 2 aliphatic heterocycles. The molecule has 1 spiro atoms. The zero-order valence-electron chi connectivity index (χ0n) is 15.5. The summed E-state index contributed by atoms with van der Waals surface area (Å²) in [6, 6.07) is 3.98. The molecule has 27 heavy (non-hydrogen) atoms. The van der Waals surface area contributed by atoms with Crippen molar-refractivity contribution >= 4 is 17.2 Å². The molecule has 1 saturated heterocycles. The van der Waals surface area contributed by atoms with Crippen LogP contribution in [-0.4, -0.2) is 53.9 Å². The van der Waals surface area contributed by atoms with Crippen molar-refractivity contribution in [3.63, 3.8) is 0 Å². The minimum Gasteiger partial charge on any atom is -0.395 e. The summed E-state index contributed by atoms with van der Waals surface area (Å²) in [5, 5.41) is 15.6. The fraction of sp³-hybridized carbons (Fsp3) is 0.579. The second-order valence-electron chi connectivity index (χ2n) is 7.23. The maximum absolute atomic E-state index is 12.3. The maximum atomic E-state index is 12.3. The van der Waals surface area contributed by atoms with Crippen LogP contribution >= 0.6 is 11.3 Å². The predicted octanol–water partition coefficient (Wildman–Crippen LogP) is 1.83. The zero-order chi connectivity index (χ0) is 18.9. The molecule has 0 atom stereocenters. The molecule has 1 amide bonds. The summed E-state index contributed by atoms with van der Waals surface area (Å²) in [7, 11) is 0. The zero-order valence-corrected chi connectivity index (χ0v) is 16.3. The average Bonchev–Trinajstić information content (AvgIpc) is 3.29. The highest BCUT2D eigenvalue weighted by Gasteiger charge is 2.42. The van der Waals surface area contributed by atoms with Crippen LogP contribution in [0.25, 0.3) is 0 Å². The van der Waals surface area contributed by atoms with Gasteiger partial charge in [0.25, 0.3) is 5.91 Å². The second-order valence-corrected chi connectivity index (χ2v) is 8.37. The molecule has 0 aromatic carbocycles. The van der Waals surface area contributed by atoms with E-state index in [2.05, 4.69) is 15.4 Å². The molecular weight excluding hydrogens is 366 g/mol. The fourth-order valence-corrected chi connectivity index (χ4v) is 5.13. The minimum absolute atomic E-state index is 0.0512. The predicted molar refractivity (Wildman–Crippen MR) is 101 cm³/mol. The molecule has 2 aromatic rings. The van der Waals surface area contributed by atoms with Crippen LogP contribution in [0, 0.1) is 6.92 Å². The number of aromatic nitrogens is 1. The number of hydrogen-bond donors (Lipinski definition) is 2. The molecule has 0 bridgehead atoms. The summed E-state index contributed by atoms with van der Waals surface area (Å²) in [4.78, 5) is 16.6. The van der Waals surface area contributed by atoms with Gasteiger partial charge in [-0.2, -0.15) is 0 Å². The van der Waals surface area contributed by atoms with Gasteiger partial charge >= 0.3 is 0 Å². The van der Waals surface area contributed by atoms with Gasteiger partial charge in [0.15, 0.2) is 5.76 Å². The van der Waals surface area contributed by atoms with Crippen LogP contribution in [0.5, 0.6) is 0 Å². The Morgan fingerprint density at radius 3 is 2.93 bits per heavy atom. The third-order valence-corrected chi connectivity index (χ3v) is 6.54. The number of thiophene rings is 1. The van der Waals surface area contributed by atoms with E-state index in [4.69, 9.17) is 14.4 Å². The maximum Gasteiger partial charge on any atom is 0.261 e. The number of aliphatic hydroxyl groups excluding tert-OH is 1. The van der Waals surface area contributed by atoms with Gasteiger partial charge in [0.1, 0.15) is 0 Å². The summed E-state index contributed by atoms with van der Waals surface area (Å²) in [6.45, 7) is 5.46. The van der Waals surface area contributed by atoms with Gasteiger partial charge in [0.05, 0.1) is 35.9 Å². The van der Waals surface area contributed by atoms with E-state index < -0.39 is 0 Å². The van der Waals surface area contributed by atoms with Gasteiger partial charge in [-0.1, -0.05) is 5.16 Å². The van der Waals surface area contributed by atoms with E-state index in [9.17, 15) is 4.79 Å². The normalized spacial score (nSPS) is 19.2.